The summed E-state index contributed by atoms with van der Waals surface area (Å²) in [6.07, 6.45) is 0. The van der Waals surface area contributed by atoms with E-state index < -0.39 is 34.1 Å². The molecule has 1 unspecified atom stereocenters. The first kappa shape index (κ1) is 20.3. The molecule has 1 fully saturated rings. The average molecular weight is 417 g/mol. The van der Waals surface area contributed by atoms with Crippen molar-refractivity contribution in [3.63, 3.8) is 0 Å². The number of carbonyl (C=O) groups excluding carboxylic acids is 2. The molecule has 1 aliphatic heterocycles. The molecule has 152 valence electrons. The minimum Gasteiger partial charge on any atom is -0.479 e. The quantitative estimate of drug-likeness (QED) is 0.766. The maximum atomic E-state index is 12.7. The molecule has 9 nitrogen and oxygen atoms in total. The summed E-state index contributed by atoms with van der Waals surface area (Å²) in [5.41, 5.74) is 1.18. The van der Waals surface area contributed by atoms with Gasteiger partial charge in [0.1, 0.15) is 0 Å². The Morgan fingerprint density at radius 1 is 1.03 bits per heavy atom. The lowest BCUT2D eigenvalue weighted by Crippen LogP contribution is -2.46. The van der Waals surface area contributed by atoms with Crippen molar-refractivity contribution in [2.24, 2.45) is 0 Å². The average Bonchev–Trinajstić information content (AvgIpc) is 3.09. The van der Waals surface area contributed by atoms with Crippen molar-refractivity contribution in [1.29, 1.82) is 0 Å². The molecule has 0 radical (unpaired) electrons. The van der Waals surface area contributed by atoms with Gasteiger partial charge in [-0.05, 0) is 24.6 Å². The molecular formula is C19H19N3O6S. The van der Waals surface area contributed by atoms with Crippen LogP contribution >= 0.6 is 0 Å². The minimum atomic E-state index is -4.12. The Bertz CT molecular complexity index is 1040. The lowest BCUT2D eigenvalue weighted by Gasteiger charge is -2.20. The number of carboxylic acids is 1. The molecule has 2 aromatic rings. The third-order valence-corrected chi connectivity index (χ3v) is 6.26. The molecule has 0 aromatic heterocycles. The van der Waals surface area contributed by atoms with E-state index in [2.05, 4.69) is 5.32 Å². The van der Waals surface area contributed by atoms with Gasteiger partial charge in [0.05, 0.1) is 18.0 Å². The predicted molar refractivity (Wildman–Crippen MR) is 103 cm³/mol. The third kappa shape index (κ3) is 4.06. The van der Waals surface area contributed by atoms with Crippen LogP contribution < -0.4 is 5.32 Å². The van der Waals surface area contributed by atoms with Gasteiger partial charge in [0.15, 0.2) is 6.04 Å². The fraction of sp³-hybridized carbons (Fsp3) is 0.211. The van der Waals surface area contributed by atoms with Crippen LogP contribution in [0.15, 0.2) is 59.5 Å². The van der Waals surface area contributed by atoms with Crippen LogP contribution in [0.1, 0.15) is 17.2 Å². The molecule has 2 aromatic carbocycles. The van der Waals surface area contributed by atoms with Crippen LogP contribution in [0.5, 0.6) is 0 Å². The van der Waals surface area contributed by atoms with Crippen molar-refractivity contribution in [2.75, 3.05) is 13.1 Å². The van der Waals surface area contributed by atoms with Crippen LogP contribution in [0, 0.1) is 6.92 Å². The van der Waals surface area contributed by atoms with E-state index in [0.29, 0.717) is 14.8 Å². The molecule has 0 aliphatic carbocycles. The number of imide groups is 1. The summed E-state index contributed by atoms with van der Waals surface area (Å²) < 4.78 is 26.1. The number of sulfonamides is 1. The Morgan fingerprint density at radius 3 is 2.24 bits per heavy atom. The molecule has 29 heavy (non-hydrogen) atoms. The summed E-state index contributed by atoms with van der Waals surface area (Å²) >= 11 is 0. The summed E-state index contributed by atoms with van der Waals surface area (Å²) in [7, 11) is -4.12. The number of carbonyl (C=O) groups is 3. The number of carboxylic acid groups (broad SMARTS) is 1. The first-order chi connectivity index (χ1) is 13.7. The number of aryl methyl sites for hydroxylation is 1. The van der Waals surface area contributed by atoms with E-state index in [9.17, 15) is 27.9 Å². The van der Waals surface area contributed by atoms with Gasteiger partial charge in [-0.2, -0.15) is 0 Å². The summed E-state index contributed by atoms with van der Waals surface area (Å²) in [5, 5.41) is 11.7. The van der Waals surface area contributed by atoms with Crippen LogP contribution in [0.4, 0.5) is 9.59 Å². The van der Waals surface area contributed by atoms with E-state index in [1.54, 1.807) is 37.3 Å². The molecule has 1 heterocycles. The maximum Gasteiger partial charge on any atom is 0.342 e. The lowest BCUT2D eigenvalue weighted by molar-refractivity contribution is -0.139. The minimum absolute atomic E-state index is 0.0635. The van der Waals surface area contributed by atoms with Gasteiger partial charge in [0, 0.05) is 0 Å². The zero-order valence-corrected chi connectivity index (χ0v) is 16.3. The van der Waals surface area contributed by atoms with E-state index in [1.807, 2.05) is 0 Å². The van der Waals surface area contributed by atoms with E-state index in [4.69, 9.17) is 0 Å². The fourth-order valence-corrected chi connectivity index (χ4v) is 4.26. The molecule has 10 heteroatoms. The van der Waals surface area contributed by atoms with E-state index >= 15 is 0 Å². The molecule has 0 spiro atoms. The topological polar surface area (TPSA) is 124 Å². The second kappa shape index (κ2) is 7.92. The van der Waals surface area contributed by atoms with Crippen LogP contribution in [0.25, 0.3) is 0 Å². The lowest BCUT2D eigenvalue weighted by atomic mass is 10.1. The number of urea groups is 2. The summed E-state index contributed by atoms with van der Waals surface area (Å²) in [6, 6.07) is 10.6. The second-order valence-corrected chi connectivity index (χ2v) is 8.32. The van der Waals surface area contributed by atoms with Gasteiger partial charge in [-0.25, -0.2) is 32.0 Å². The highest BCUT2D eigenvalue weighted by Gasteiger charge is 2.41. The highest BCUT2D eigenvalue weighted by Crippen LogP contribution is 2.22. The Labute approximate surface area is 167 Å². The highest BCUT2D eigenvalue weighted by molar-refractivity contribution is 7.89. The molecule has 0 bridgehead atoms. The second-order valence-electron chi connectivity index (χ2n) is 6.46. The molecule has 0 saturated carbocycles. The Kier molecular flexibility index (Phi) is 5.55. The smallest absolute Gasteiger partial charge is 0.342 e. The summed E-state index contributed by atoms with van der Waals surface area (Å²) in [5.74, 6) is -1.31. The monoisotopic (exact) mass is 417 g/mol. The van der Waals surface area contributed by atoms with Crippen LogP contribution in [-0.4, -0.2) is 53.9 Å². The van der Waals surface area contributed by atoms with Crippen molar-refractivity contribution in [1.82, 2.24) is 14.5 Å². The highest BCUT2D eigenvalue weighted by atomic mass is 32.2. The molecular weight excluding hydrogens is 398 g/mol. The number of nitrogens with one attached hydrogen (secondary N) is 1. The third-order valence-electron chi connectivity index (χ3n) is 4.47. The fourth-order valence-electron chi connectivity index (χ4n) is 2.90. The van der Waals surface area contributed by atoms with E-state index in [0.717, 1.165) is 5.56 Å². The Balaban J connectivity index is 1.77. The standard InChI is InChI=1S/C19H19N3O6S/c1-13-7-9-15(10-8-13)29(27,28)22-12-11-21(19(22)26)18(25)20-16(17(23)24)14-5-3-2-4-6-14/h2-10,16H,11-12H2,1H3,(H,20,25)(H,23,24). The first-order valence-corrected chi connectivity index (χ1v) is 10.1. The van der Waals surface area contributed by atoms with Crippen molar-refractivity contribution in [2.45, 2.75) is 17.9 Å². The normalized spacial score (nSPS) is 15.3. The van der Waals surface area contributed by atoms with Gasteiger partial charge >= 0.3 is 18.0 Å². The number of hydrogen-bond acceptors (Lipinski definition) is 5. The molecule has 1 saturated heterocycles. The van der Waals surface area contributed by atoms with Gasteiger partial charge in [-0.1, -0.05) is 48.0 Å². The zero-order chi connectivity index (χ0) is 21.2. The van der Waals surface area contributed by atoms with Gasteiger partial charge in [-0.3, -0.25) is 0 Å². The predicted octanol–water partition coefficient (Wildman–Crippen LogP) is 1.96. The van der Waals surface area contributed by atoms with Crippen molar-refractivity contribution in [3.05, 3.63) is 65.7 Å². The molecule has 1 aliphatic rings. The van der Waals surface area contributed by atoms with E-state index in [1.165, 1.54) is 24.3 Å². The van der Waals surface area contributed by atoms with Crippen LogP contribution in [0.3, 0.4) is 0 Å². The van der Waals surface area contributed by atoms with Gasteiger partial charge in [-0.15, -0.1) is 0 Å². The molecule has 2 N–H and O–H groups in total. The number of benzene rings is 2. The van der Waals surface area contributed by atoms with Crippen LogP contribution in [0.2, 0.25) is 0 Å². The maximum absolute atomic E-state index is 12.7. The number of amides is 4. The number of nitrogens with zero attached hydrogens (tertiary/aromatic N) is 2. The summed E-state index contributed by atoms with van der Waals surface area (Å²) in [6.45, 7) is 1.40. The number of aliphatic carboxylic acids is 1. The zero-order valence-electron chi connectivity index (χ0n) is 15.5. The van der Waals surface area contributed by atoms with Gasteiger partial charge < -0.3 is 10.4 Å². The van der Waals surface area contributed by atoms with E-state index in [-0.39, 0.29) is 18.0 Å². The first-order valence-electron chi connectivity index (χ1n) is 8.71. The van der Waals surface area contributed by atoms with Crippen molar-refractivity contribution < 1.29 is 27.9 Å². The Hall–Kier alpha value is -3.40. The number of rotatable bonds is 5. The van der Waals surface area contributed by atoms with Gasteiger partial charge in [0.25, 0.3) is 10.0 Å². The van der Waals surface area contributed by atoms with Crippen LogP contribution in [-0.2, 0) is 14.8 Å². The molecule has 3 rings (SSSR count). The van der Waals surface area contributed by atoms with Gasteiger partial charge in [0.2, 0.25) is 0 Å². The molecule has 1 atom stereocenters. The largest absolute Gasteiger partial charge is 0.479 e. The SMILES string of the molecule is Cc1ccc(S(=O)(=O)N2CCN(C(=O)NC(C(=O)O)c3ccccc3)C2=O)cc1. The van der Waals surface area contributed by atoms with Crippen molar-refractivity contribution >= 4 is 28.1 Å². The van der Waals surface area contributed by atoms with Crippen molar-refractivity contribution in [3.8, 4) is 0 Å². The Morgan fingerprint density at radius 2 is 1.66 bits per heavy atom. The number of hydrogen-bond donors (Lipinski definition) is 2. The summed E-state index contributed by atoms with van der Waals surface area (Å²) in [4.78, 5) is 37.3. The molecule has 4 amide bonds.